The second-order valence-corrected chi connectivity index (χ2v) is 5.17. The van der Waals surface area contributed by atoms with Crippen molar-refractivity contribution >= 4 is 0 Å². The molecule has 2 rings (SSSR count). The molecular weight excluding hydrogens is 146 g/mol. The molecule has 2 atom stereocenters. The Kier molecular flexibility index (Phi) is 2.16. The molecule has 2 aliphatic carbocycles. The van der Waals surface area contributed by atoms with Gasteiger partial charge < -0.3 is 5.32 Å². The standard InChI is InChI=1S/C11H21N/c1-9-4-3-5-10(8-9)12-11(2)6-7-11/h9-10,12H,3-8H2,1-2H3. The molecule has 70 valence electrons. The summed E-state index contributed by atoms with van der Waals surface area (Å²) in [7, 11) is 0. The Labute approximate surface area is 75.9 Å². The van der Waals surface area contributed by atoms with E-state index in [1.54, 1.807) is 0 Å². The van der Waals surface area contributed by atoms with E-state index in [0.29, 0.717) is 5.54 Å². The first-order valence-corrected chi connectivity index (χ1v) is 5.46. The van der Waals surface area contributed by atoms with Crippen molar-refractivity contribution in [3.63, 3.8) is 0 Å². The first-order chi connectivity index (χ1) is 5.68. The number of hydrogen-bond acceptors (Lipinski definition) is 1. The molecule has 12 heavy (non-hydrogen) atoms. The third kappa shape index (κ3) is 2.01. The molecule has 0 heterocycles. The van der Waals surface area contributed by atoms with Crippen molar-refractivity contribution in [2.24, 2.45) is 5.92 Å². The van der Waals surface area contributed by atoms with Crippen LogP contribution in [-0.2, 0) is 0 Å². The largest absolute Gasteiger partial charge is 0.309 e. The molecule has 0 radical (unpaired) electrons. The molecule has 1 N–H and O–H groups in total. The fourth-order valence-electron chi connectivity index (χ4n) is 2.39. The van der Waals surface area contributed by atoms with Crippen LogP contribution in [0.15, 0.2) is 0 Å². The van der Waals surface area contributed by atoms with Crippen LogP contribution in [0.2, 0.25) is 0 Å². The maximum absolute atomic E-state index is 3.80. The summed E-state index contributed by atoms with van der Waals surface area (Å²) in [5, 5.41) is 3.80. The molecule has 1 nitrogen and oxygen atoms in total. The zero-order valence-corrected chi connectivity index (χ0v) is 8.40. The van der Waals surface area contributed by atoms with Gasteiger partial charge in [-0.15, -0.1) is 0 Å². The monoisotopic (exact) mass is 167 g/mol. The summed E-state index contributed by atoms with van der Waals surface area (Å²) in [5.41, 5.74) is 0.543. The van der Waals surface area contributed by atoms with Crippen molar-refractivity contribution in [3.8, 4) is 0 Å². The van der Waals surface area contributed by atoms with Crippen LogP contribution < -0.4 is 5.32 Å². The molecule has 2 fully saturated rings. The first-order valence-electron chi connectivity index (χ1n) is 5.46. The SMILES string of the molecule is CC1CCCC(NC2(C)CC2)C1. The lowest BCUT2D eigenvalue weighted by Crippen LogP contribution is -2.40. The smallest absolute Gasteiger partial charge is 0.0157 e. The van der Waals surface area contributed by atoms with Crippen molar-refractivity contribution in [2.45, 2.75) is 64.0 Å². The second kappa shape index (κ2) is 3.02. The zero-order valence-electron chi connectivity index (χ0n) is 8.40. The Morgan fingerprint density at radius 2 is 2.00 bits per heavy atom. The van der Waals surface area contributed by atoms with Gasteiger partial charge in [0, 0.05) is 11.6 Å². The van der Waals surface area contributed by atoms with Crippen LogP contribution in [-0.4, -0.2) is 11.6 Å². The number of hydrogen-bond donors (Lipinski definition) is 1. The zero-order chi connectivity index (χ0) is 8.60. The second-order valence-electron chi connectivity index (χ2n) is 5.17. The predicted octanol–water partition coefficient (Wildman–Crippen LogP) is 2.71. The normalized spacial score (nSPS) is 39.5. The summed E-state index contributed by atoms with van der Waals surface area (Å²) in [6.45, 7) is 4.76. The Bertz CT molecular complexity index is 160. The average molecular weight is 167 g/mol. The van der Waals surface area contributed by atoms with Crippen LogP contribution in [0.25, 0.3) is 0 Å². The fraction of sp³-hybridized carbons (Fsp3) is 1.00. The lowest BCUT2D eigenvalue weighted by atomic mass is 9.86. The maximum Gasteiger partial charge on any atom is 0.0157 e. The summed E-state index contributed by atoms with van der Waals surface area (Å²) in [6.07, 6.45) is 8.52. The fourth-order valence-corrected chi connectivity index (χ4v) is 2.39. The van der Waals surface area contributed by atoms with Gasteiger partial charge in [0.1, 0.15) is 0 Å². The van der Waals surface area contributed by atoms with E-state index in [2.05, 4.69) is 19.2 Å². The van der Waals surface area contributed by atoms with Gasteiger partial charge in [-0.25, -0.2) is 0 Å². The van der Waals surface area contributed by atoms with Gasteiger partial charge in [-0.1, -0.05) is 19.8 Å². The van der Waals surface area contributed by atoms with E-state index in [1.807, 2.05) is 0 Å². The number of nitrogens with one attached hydrogen (secondary N) is 1. The van der Waals surface area contributed by atoms with Crippen molar-refractivity contribution < 1.29 is 0 Å². The van der Waals surface area contributed by atoms with Crippen LogP contribution in [0.4, 0.5) is 0 Å². The lowest BCUT2D eigenvalue weighted by molar-refractivity contribution is 0.279. The first kappa shape index (κ1) is 8.55. The minimum absolute atomic E-state index is 0.543. The van der Waals surface area contributed by atoms with E-state index in [9.17, 15) is 0 Å². The Morgan fingerprint density at radius 1 is 1.25 bits per heavy atom. The molecule has 0 aromatic heterocycles. The highest BCUT2D eigenvalue weighted by atomic mass is 15.0. The summed E-state index contributed by atoms with van der Waals surface area (Å²) >= 11 is 0. The summed E-state index contributed by atoms with van der Waals surface area (Å²) in [5.74, 6) is 0.957. The molecule has 2 unspecified atom stereocenters. The van der Waals surface area contributed by atoms with Gasteiger partial charge in [0.2, 0.25) is 0 Å². The molecule has 0 aliphatic heterocycles. The van der Waals surface area contributed by atoms with Gasteiger partial charge in [0.05, 0.1) is 0 Å². The third-order valence-corrected chi connectivity index (χ3v) is 3.49. The van der Waals surface area contributed by atoms with E-state index < -0.39 is 0 Å². The van der Waals surface area contributed by atoms with Crippen molar-refractivity contribution in [3.05, 3.63) is 0 Å². The van der Waals surface area contributed by atoms with E-state index in [1.165, 1.54) is 38.5 Å². The highest BCUT2D eigenvalue weighted by Crippen LogP contribution is 2.37. The lowest BCUT2D eigenvalue weighted by Gasteiger charge is -2.30. The topological polar surface area (TPSA) is 12.0 Å². The molecular formula is C11H21N. The third-order valence-electron chi connectivity index (χ3n) is 3.49. The minimum atomic E-state index is 0.543. The average Bonchev–Trinajstić information content (AvgIpc) is 2.67. The van der Waals surface area contributed by atoms with E-state index in [0.717, 1.165) is 12.0 Å². The Balaban J connectivity index is 1.79. The molecule has 0 aromatic carbocycles. The van der Waals surface area contributed by atoms with Crippen molar-refractivity contribution in [1.82, 2.24) is 5.32 Å². The molecule has 0 amide bonds. The van der Waals surface area contributed by atoms with Gasteiger partial charge in [-0.2, -0.15) is 0 Å². The van der Waals surface area contributed by atoms with Gasteiger partial charge >= 0.3 is 0 Å². The molecule has 2 saturated carbocycles. The van der Waals surface area contributed by atoms with Gasteiger partial charge in [-0.05, 0) is 38.5 Å². The van der Waals surface area contributed by atoms with Crippen molar-refractivity contribution in [2.75, 3.05) is 0 Å². The van der Waals surface area contributed by atoms with E-state index in [-0.39, 0.29) is 0 Å². The predicted molar refractivity (Wildman–Crippen MR) is 52.2 cm³/mol. The van der Waals surface area contributed by atoms with Crippen molar-refractivity contribution in [1.29, 1.82) is 0 Å². The van der Waals surface area contributed by atoms with Gasteiger partial charge in [0.25, 0.3) is 0 Å². The molecule has 1 heteroatoms. The van der Waals surface area contributed by atoms with E-state index >= 15 is 0 Å². The summed E-state index contributed by atoms with van der Waals surface area (Å²) in [6, 6.07) is 0.834. The molecule has 0 spiro atoms. The summed E-state index contributed by atoms with van der Waals surface area (Å²) < 4.78 is 0. The number of rotatable bonds is 2. The quantitative estimate of drug-likeness (QED) is 0.667. The molecule has 0 bridgehead atoms. The van der Waals surface area contributed by atoms with Crippen LogP contribution in [0.3, 0.4) is 0 Å². The Morgan fingerprint density at radius 3 is 2.58 bits per heavy atom. The van der Waals surface area contributed by atoms with Crippen LogP contribution in [0.1, 0.15) is 52.4 Å². The van der Waals surface area contributed by atoms with Crippen LogP contribution in [0.5, 0.6) is 0 Å². The van der Waals surface area contributed by atoms with Gasteiger partial charge in [-0.3, -0.25) is 0 Å². The minimum Gasteiger partial charge on any atom is -0.309 e. The molecule has 0 aromatic rings. The summed E-state index contributed by atoms with van der Waals surface area (Å²) in [4.78, 5) is 0. The highest BCUT2D eigenvalue weighted by molar-refractivity contribution is 4.99. The van der Waals surface area contributed by atoms with E-state index in [4.69, 9.17) is 0 Å². The maximum atomic E-state index is 3.80. The highest BCUT2D eigenvalue weighted by Gasteiger charge is 2.39. The molecule has 2 aliphatic rings. The molecule has 0 saturated heterocycles. The van der Waals surface area contributed by atoms with Crippen LogP contribution >= 0.6 is 0 Å². The van der Waals surface area contributed by atoms with Crippen LogP contribution in [0, 0.1) is 5.92 Å². The Hall–Kier alpha value is -0.0400. The van der Waals surface area contributed by atoms with Gasteiger partial charge in [0.15, 0.2) is 0 Å².